The van der Waals surface area contributed by atoms with Crippen LogP contribution in [0.4, 0.5) is 5.69 Å². The van der Waals surface area contributed by atoms with Crippen LogP contribution in [-0.4, -0.2) is 10.2 Å². The Balaban J connectivity index is 1.94. The van der Waals surface area contributed by atoms with Crippen LogP contribution in [0.5, 0.6) is 0 Å². The summed E-state index contributed by atoms with van der Waals surface area (Å²) in [6.07, 6.45) is 1.68. The predicted octanol–water partition coefficient (Wildman–Crippen LogP) is 5.10. The summed E-state index contributed by atoms with van der Waals surface area (Å²) in [5.41, 5.74) is 0.661. The van der Waals surface area contributed by atoms with Crippen molar-refractivity contribution in [1.29, 1.82) is 0 Å². The molecule has 0 radical (unpaired) electrons. The van der Waals surface area contributed by atoms with Gasteiger partial charge >= 0.3 is 0 Å². The highest BCUT2D eigenvalue weighted by molar-refractivity contribution is 9.10. The molecule has 3 rings (SSSR count). The van der Waals surface area contributed by atoms with Crippen LogP contribution in [-0.2, 0) is 4.79 Å². The molecule has 0 aliphatic carbocycles. The summed E-state index contributed by atoms with van der Waals surface area (Å²) in [5.74, 6) is 0.410. The minimum atomic E-state index is -0.181. The molecule has 1 aromatic heterocycles. The molecule has 0 spiro atoms. The number of thiocarbonyl (C=S) groups is 1. The Morgan fingerprint density at radius 3 is 2.81 bits per heavy atom. The third-order valence-corrected chi connectivity index (χ3v) is 4.69. The second-order valence-electron chi connectivity index (χ2n) is 4.14. The van der Waals surface area contributed by atoms with E-state index < -0.39 is 0 Å². The number of thioether (sulfide) groups is 1. The number of hydrogen-bond acceptors (Lipinski definition) is 4. The fourth-order valence-corrected chi connectivity index (χ4v) is 3.62. The molecular formula is C14H7BrClNO2S2. The van der Waals surface area contributed by atoms with Crippen molar-refractivity contribution in [1.82, 2.24) is 0 Å². The molecule has 2 aromatic rings. The van der Waals surface area contributed by atoms with Gasteiger partial charge in [0.25, 0.3) is 5.91 Å². The molecule has 1 fully saturated rings. The van der Waals surface area contributed by atoms with Crippen molar-refractivity contribution < 1.29 is 9.21 Å². The first-order valence-electron chi connectivity index (χ1n) is 5.83. The normalized spacial score (nSPS) is 17.0. The molecule has 21 heavy (non-hydrogen) atoms. The van der Waals surface area contributed by atoms with Crippen LogP contribution in [0.3, 0.4) is 0 Å². The van der Waals surface area contributed by atoms with E-state index >= 15 is 0 Å². The molecule has 1 aromatic carbocycles. The molecule has 1 aliphatic rings. The van der Waals surface area contributed by atoms with E-state index in [-0.39, 0.29) is 5.91 Å². The van der Waals surface area contributed by atoms with Gasteiger partial charge in [0.1, 0.15) is 5.76 Å². The standard InChI is InChI=1S/C14H7BrClNO2S2/c15-12-5-4-10(19-12)7-11-13(18)17(14(20)21-11)9-3-1-2-8(16)6-9/h1-7H/b11-7+. The first-order chi connectivity index (χ1) is 10.0. The van der Waals surface area contributed by atoms with E-state index in [1.165, 1.54) is 16.7 Å². The van der Waals surface area contributed by atoms with E-state index in [2.05, 4.69) is 15.9 Å². The molecule has 0 N–H and O–H groups in total. The van der Waals surface area contributed by atoms with E-state index in [0.717, 1.165) is 0 Å². The van der Waals surface area contributed by atoms with Crippen molar-refractivity contribution in [2.75, 3.05) is 4.90 Å². The van der Waals surface area contributed by atoms with Crippen LogP contribution < -0.4 is 4.90 Å². The number of carbonyl (C=O) groups excluding carboxylic acids is 1. The van der Waals surface area contributed by atoms with E-state index in [9.17, 15) is 4.79 Å². The Morgan fingerprint density at radius 1 is 1.33 bits per heavy atom. The van der Waals surface area contributed by atoms with Gasteiger partial charge in [0.2, 0.25) is 0 Å². The number of rotatable bonds is 2. The molecule has 1 amide bonds. The first-order valence-corrected chi connectivity index (χ1v) is 8.23. The quantitative estimate of drug-likeness (QED) is 0.518. The number of amides is 1. The fraction of sp³-hybridized carbons (Fsp3) is 0. The second-order valence-corrected chi connectivity index (χ2v) is 7.03. The third-order valence-electron chi connectivity index (χ3n) is 2.73. The van der Waals surface area contributed by atoms with E-state index in [4.69, 9.17) is 28.2 Å². The van der Waals surface area contributed by atoms with Gasteiger partial charge in [-0.25, -0.2) is 0 Å². The predicted molar refractivity (Wildman–Crippen MR) is 93.5 cm³/mol. The highest BCUT2D eigenvalue weighted by Gasteiger charge is 2.33. The highest BCUT2D eigenvalue weighted by atomic mass is 79.9. The number of halogens is 2. The third kappa shape index (κ3) is 3.08. The van der Waals surface area contributed by atoms with E-state index in [0.29, 0.717) is 30.4 Å². The van der Waals surface area contributed by atoms with Crippen molar-refractivity contribution >= 4 is 73.5 Å². The summed E-state index contributed by atoms with van der Waals surface area (Å²) in [7, 11) is 0. The zero-order chi connectivity index (χ0) is 15.0. The lowest BCUT2D eigenvalue weighted by Crippen LogP contribution is -2.27. The molecule has 0 saturated carbocycles. The van der Waals surface area contributed by atoms with Crippen molar-refractivity contribution in [3.05, 3.63) is 56.8 Å². The summed E-state index contributed by atoms with van der Waals surface area (Å²) in [6, 6.07) is 10.6. The number of nitrogens with zero attached hydrogens (tertiary/aromatic N) is 1. The summed E-state index contributed by atoms with van der Waals surface area (Å²) >= 11 is 15.7. The molecular weight excluding hydrogens is 394 g/mol. The Labute approximate surface area is 144 Å². The molecule has 0 atom stereocenters. The number of carbonyl (C=O) groups is 1. The van der Waals surface area contributed by atoms with Gasteiger partial charge in [0.05, 0.1) is 10.6 Å². The van der Waals surface area contributed by atoms with Gasteiger partial charge < -0.3 is 4.42 Å². The minimum absolute atomic E-state index is 0.181. The van der Waals surface area contributed by atoms with Crippen LogP contribution in [0.2, 0.25) is 5.02 Å². The van der Waals surface area contributed by atoms with Crippen LogP contribution in [0.25, 0.3) is 6.08 Å². The van der Waals surface area contributed by atoms with Crippen molar-refractivity contribution in [3.8, 4) is 0 Å². The summed E-state index contributed by atoms with van der Waals surface area (Å²) in [4.78, 5) is 14.5. The van der Waals surface area contributed by atoms with Gasteiger partial charge in [-0.2, -0.15) is 0 Å². The number of benzene rings is 1. The van der Waals surface area contributed by atoms with Crippen LogP contribution in [0.1, 0.15) is 5.76 Å². The largest absolute Gasteiger partial charge is 0.450 e. The molecule has 1 aliphatic heterocycles. The molecule has 2 heterocycles. The lowest BCUT2D eigenvalue weighted by molar-refractivity contribution is -0.113. The lowest BCUT2D eigenvalue weighted by atomic mass is 10.3. The molecule has 106 valence electrons. The summed E-state index contributed by atoms with van der Waals surface area (Å²) in [6.45, 7) is 0. The zero-order valence-electron chi connectivity index (χ0n) is 10.4. The van der Waals surface area contributed by atoms with Crippen LogP contribution >= 0.6 is 51.5 Å². The van der Waals surface area contributed by atoms with Gasteiger partial charge in [-0.15, -0.1) is 0 Å². The molecule has 0 unspecified atom stereocenters. The average Bonchev–Trinajstić information content (AvgIpc) is 2.94. The number of furan rings is 1. The first kappa shape index (κ1) is 14.8. The molecule has 7 heteroatoms. The Hall–Kier alpha value is -1.08. The monoisotopic (exact) mass is 399 g/mol. The topological polar surface area (TPSA) is 33.5 Å². The Morgan fingerprint density at radius 2 is 2.14 bits per heavy atom. The Bertz CT molecular complexity index is 772. The maximum atomic E-state index is 12.5. The average molecular weight is 401 g/mol. The summed E-state index contributed by atoms with van der Waals surface area (Å²) < 4.78 is 6.46. The van der Waals surface area contributed by atoms with Crippen molar-refractivity contribution in [2.45, 2.75) is 0 Å². The van der Waals surface area contributed by atoms with Crippen molar-refractivity contribution in [2.24, 2.45) is 0 Å². The van der Waals surface area contributed by atoms with Crippen molar-refractivity contribution in [3.63, 3.8) is 0 Å². The number of anilines is 1. The minimum Gasteiger partial charge on any atom is -0.450 e. The van der Waals surface area contributed by atoms with Crippen LogP contribution in [0.15, 0.2) is 50.4 Å². The highest BCUT2D eigenvalue weighted by Crippen LogP contribution is 2.36. The van der Waals surface area contributed by atoms with Gasteiger partial charge in [-0.3, -0.25) is 9.69 Å². The van der Waals surface area contributed by atoms with E-state index in [1.807, 2.05) is 0 Å². The maximum absolute atomic E-state index is 12.5. The summed E-state index contributed by atoms with van der Waals surface area (Å²) in [5, 5.41) is 0.556. The van der Waals surface area contributed by atoms with Crippen LogP contribution in [0, 0.1) is 0 Å². The van der Waals surface area contributed by atoms with Gasteiger partial charge in [0.15, 0.2) is 8.99 Å². The smallest absolute Gasteiger partial charge is 0.270 e. The zero-order valence-corrected chi connectivity index (χ0v) is 14.4. The number of hydrogen-bond donors (Lipinski definition) is 0. The lowest BCUT2D eigenvalue weighted by Gasteiger charge is -2.14. The Kier molecular flexibility index (Phi) is 4.21. The van der Waals surface area contributed by atoms with E-state index in [1.54, 1.807) is 42.5 Å². The van der Waals surface area contributed by atoms with Gasteiger partial charge in [0, 0.05) is 11.1 Å². The second kappa shape index (κ2) is 5.96. The van der Waals surface area contributed by atoms with Gasteiger partial charge in [-0.1, -0.05) is 41.6 Å². The molecule has 3 nitrogen and oxygen atoms in total. The van der Waals surface area contributed by atoms with Gasteiger partial charge in [-0.05, 0) is 46.3 Å². The maximum Gasteiger partial charge on any atom is 0.270 e. The fourth-order valence-electron chi connectivity index (χ4n) is 1.84. The molecule has 0 bridgehead atoms. The SMILES string of the molecule is O=C1/C(=C\c2ccc(Br)o2)SC(=S)N1c1cccc(Cl)c1. The molecule has 1 saturated heterocycles.